The van der Waals surface area contributed by atoms with Gasteiger partial charge in [0.1, 0.15) is 17.2 Å². The normalized spacial score (nSPS) is 21.1. The van der Waals surface area contributed by atoms with Crippen LogP contribution in [-0.4, -0.2) is 57.6 Å². The zero-order valence-electron chi connectivity index (χ0n) is 19.5. The van der Waals surface area contributed by atoms with E-state index in [0.717, 1.165) is 52.0 Å². The van der Waals surface area contributed by atoms with Crippen molar-refractivity contribution in [1.29, 1.82) is 0 Å². The van der Waals surface area contributed by atoms with Gasteiger partial charge in [-0.1, -0.05) is 12.1 Å². The summed E-state index contributed by atoms with van der Waals surface area (Å²) in [6.45, 7) is 3.79. The monoisotopic (exact) mass is 488 g/mol. The molecule has 0 bridgehead atoms. The lowest BCUT2D eigenvalue weighted by Crippen LogP contribution is -2.55. The molecule has 7 rings (SSSR count). The number of likely N-dealkylation sites (tertiary alicyclic amines) is 1. The van der Waals surface area contributed by atoms with E-state index in [0.29, 0.717) is 31.0 Å². The molecule has 0 N–H and O–H groups in total. The summed E-state index contributed by atoms with van der Waals surface area (Å²) < 4.78 is 16.6. The quantitative estimate of drug-likeness (QED) is 0.535. The Labute approximate surface area is 206 Å². The maximum absolute atomic E-state index is 15.5. The van der Waals surface area contributed by atoms with Gasteiger partial charge in [-0.15, -0.1) is 11.3 Å². The van der Waals surface area contributed by atoms with Crippen LogP contribution in [0.15, 0.2) is 41.4 Å². The SMILES string of the molecule is Cc1nc2cc(-c3ccc(C4=NC5(CC5)C(=O)N4CC4CN(C(=O)C5CC5)C4)c(F)c3)ccc2s1. The molecular formula is C27H25FN4O2S. The Balaban J connectivity index is 1.14. The van der Waals surface area contributed by atoms with E-state index in [1.807, 2.05) is 36.1 Å². The highest BCUT2D eigenvalue weighted by molar-refractivity contribution is 7.18. The van der Waals surface area contributed by atoms with Gasteiger partial charge in [0.2, 0.25) is 5.91 Å². The maximum atomic E-state index is 15.5. The highest BCUT2D eigenvalue weighted by atomic mass is 32.1. The van der Waals surface area contributed by atoms with Crippen LogP contribution in [0.5, 0.6) is 0 Å². The van der Waals surface area contributed by atoms with Crippen molar-refractivity contribution in [2.45, 2.75) is 38.1 Å². The second-order valence-electron chi connectivity index (χ2n) is 10.4. The Hall–Kier alpha value is -3.13. The van der Waals surface area contributed by atoms with Gasteiger partial charge in [0.25, 0.3) is 5.91 Å². The summed E-state index contributed by atoms with van der Waals surface area (Å²) in [5.74, 6) is 0.696. The molecule has 3 heterocycles. The third kappa shape index (κ3) is 3.49. The Morgan fingerprint density at radius 3 is 2.60 bits per heavy atom. The number of carbonyl (C=O) groups excluding carboxylic acids is 2. The highest BCUT2D eigenvalue weighted by Gasteiger charge is 2.58. The summed E-state index contributed by atoms with van der Waals surface area (Å²) in [5.41, 5.74) is 2.26. The molecule has 4 aliphatic rings. The lowest BCUT2D eigenvalue weighted by Gasteiger charge is -2.41. The van der Waals surface area contributed by atoms with E-state index in [-0.39, 0.29) is 29.5 Å². The number of rotatable bonds is 5. The number of fused-ring (bicyclic) bond motifs is 1. The van der Waals surface area contributed by atoms with Crippen molar-refractivity contribution in [2.24, 2.45) is 16.8 Å². The topological polar surface area (TPSA) is 65.9 Å². The molecule has 2 aromatic carbocycles. The average molecular weight is 489 g/mol. The van der Waals surface area contributed by atoms with Gasteiger partial charge in [0.05, 0.1) is 20.8 Å². The van der Waals surface area contributed by atoms with Gasteiger partial charge >= 0.3 is 0 Å². The second kappa shape index (κ2) is 7.43. The van der Waals surface area contributed by atoms with Crippen LogP contribution in [-0.2, 0) is 9.59 Å². The molecule has 2 saturated carbocycles. The van der Waals surface area contributed by atoms with E-state index in [1.54, 1.807) is 22.3 Å². The van der Waals surface area contributed by atoms with E-state index in [2.05, 4.69) is 4.98 Å². The summed E-state index contributed by atoms with van der Waals surface area (Å²) in [6.07, 6.45) is 3.43. The van der Waals surface area contributed by atoms with Gasteiger partial charge in [-0.3, -0.25) is 19.5 Å². The number of thiazole rings is 1. The number of aryl methyl sites for hydroxylation is 1. The first-order valence-corrected chi connectivity index (χ1v) is 13.1. The minimum absolute atomic E-state index is 0.0210. The van der Waals surface area contributed by atoms with Crippen molar-refractivity contribution in [1.82, 2.24) is 14.8 Å². The van der Waals surface area contributed by atoms with Gasteiger partial charge in [0, 0.05) is 31.5 Å². The Bertz CT molecular complexity index is 1430. The summed E-state index contributed by atoms with van der Waals surface area (Å²) in [6, 6.07) is 11.2. The fraction of sp³-hybridized carbons (Fsp3) is 0.407. The molecule has 178 valence electrons. The molecule has 0 atom stereocenters. The molecule has 3 aromatic rings. The van der Waals surface area contributed by atoms with Crippen LogP contribution >= 0.6 is 11.3 Å². The summed E-state index contributed by atoms with van der Waals surface area (Å²) in [7, 11) is 0. The molecule has 2 amide bonds. The minimum Gasteiger partial charge on any atom is -0.342 e. The smallest absolute Gasteiger partial charge is 0.256 e. The summed E-state index contributed by atoms with van der Waals surface area (Å²) in [5, 5.41) is 1.00. The van der Waals surface area contributed by atoms with E-state index in [4.69, 9.17) is 4.99 Å². The Morgan fingerprint density at radius 2 is 1.89 bits per heavy atom. The zero-order chi connectivity index (χ0) is 23.9. The number of aromatic nitrogens is 1. The fourth-order valence-electron chi connectivity index (χ4n) is 5.29. The first-order valence-electron chi connectivity index (χ1n) is 12.3. The van der Waals surface area contributed by atoms with Gasteiger partial charge < -0.3 is 4.90 Å². The molecule has 6 nitrogen and oxygen atoms in total. The number of amides is 2. The van der Waals surface area contributed by atoms with Crippen LogP contribution in [0.4, 0.5) is 4.39 Å². The molecular weight excluding hydrogens is 463 g/mol. The second-order valence-corrected chi connectivity index (χ2v) is 11.6. The van der Waals surface area contributed by atoms with Crippen molar-refractivity contribution in [3.05, 3.63) is 52.8 Å². The maximum Gasteiger partial charge on any atom is 0.256 e. The standard InChI is InChI=1S/C27H25FN4O2S/c1-15-29-22-11-19(5-7-23(22)35-15)18-4-6-20(21(28)10-18)24-30-27(8-9-27)26(34)32(24)14-16-12-31(13-16)25(33)17-2-3-17/h4-7,10-11,16-17H,2-3,8-9,12-14H2,1H3. The number of nitrogens with zero attached hydrogens (tertiary/aromatic N) is 4. The van der Waals surface area contributed by atoms with E-state index in [9.17, 15) is 9.59 Å². The highest BCUT2D eigenvalue weighted by Crippen LogP contribution is 2.46. The third-order valence-corrected chi connectivity index (χ3v) is 8.57. The number of hydrogen-bond acceptors (Lipinski definition) is 5. The van der Waals surface area contributed by atoms with Crippen LogP contribution in [0.3, 0.4) is 0 Å². The van der Waals surface area contributed by atoms with Gasteiger partial charge in [-0.25, -0.2) is 9.37 Å². The first-order chi connectivity index (χ1) is 16.9. The molecule has 0 radical (unpaired) electrons. The van der Waals surface area contributed by atoms with Crippen LogP contribution in [0, 0.1) is 24.6 Å². The molecule has 0 unspecified atom stereocenters. The van der Waals surface area contributed by atoms with Crippen LogP contribution in [0.1, 0.15) is 36.3 Å². The largest absolute Gasteiger partial charge is 0.342 e. The predicted molar refractivity (Wildman–Crippen MR) is 133 cm³/mol. The predicted octanol–water partition coefficient (Wildman–Crippen LogP) is 4.40. The lowest BCUT2D eigenvalue weighted by atomic mass is 9.97. The summed E-state index contributed by atoms with van der Waals surface area (Å²) >= 11 is 1.64. The Morgan fingerprint density at radius 1 is 1.14 bits per heavy atom. The molecule has 1 saturated heterocycles. The first kappa shape index (κ1) is 21.2. The van der Waals surface area contributed by atoms with E-state index in [1.165, 1.54) is 6.07 Å². The number of amidine groups is 1. The fourth-order valence-corrected chi connectivity index (χ4v) is 6.10. The molecule has 2 aliphatic carbocycles. The van der Waals surface area contributed by atoms with Crippen molar-refractivity contribution in [2.75, 3.05) is 19.6 Å². The van der Waals surface area contributed by atoms with Crippen molar-refractivity contribution < 1.29 is 14.0 Å². The molecule has 8 heteroatoms. The Kier molecular flexibility index (Phi) is 4.50. The number of hydrogen-bond donors (Lipinski definition) is 0. The van der Waals surface area contributed by atoms with Crippen molar-refractivity contribution in [3.63, 3.8) is 0 Å². The third-order valence-electron chi connectivity index (χ3n) is 7.62. The molecule has 2 aliphatic heterocycles. The average Bonchev–Trinajstić information content (AvgIpc) is 3.72. The van der Waals surface area contributed by atoms with Gasteiger partial charge in [-0.05, 0) is 68.0 Å². The molecule has 3 fully saturated rings. The zero-order valence-corrected chi connectivity index (χ0v) is 20.3. The number of carbonyl (C=O) groups is 2. The van der Waals surface area contributed by atoms with Crippen LogP contribution in [0.25, 0.3) is 21.3 Å². The van der Waals surface area contributed by atoms with Gasteiger partial charge in [0.15, 0.2) is 0 Å². The van der Waals surface area contributed by atoms with Crippen molar-refractivity contribution in [3.8, 4) is 11.1 Å². The van der Waals surface area contributed by atoms with Crippen molar-refractivity contribution >= 4 is 39.2 Å². The minimum atomic E-state index is -0.693. The molecule has 35 heavy (non-hydrogen) atoms. The number of benzene rings is 2. The molecule has 1 aromatic heterocycles. The molecule has 1 spiro atoms. The van der Waals surface area contributed by atoms with Crippen LogP contribution in [0.2, 0.25) is 0 Å². The van der Waals surface area contributed by atoms with E-state index < -0.39 is 5.54 Å². The number of aliphatic imine (C=N–C) groups is 1. The van der Waals surface area contributed by atoms with E-state index >= 15 is 4.39 Å². The summed E-state index contributed by atoms with van der Waals surface area (Å²) in [4.78, 5) is 38.3. The van der Waals surface area contributed by atoms with Crippen LogP contribution < -0.4 is 0 Å². The van der Waals surface area contributed by atoms with Gasteiger partial charge in [-0.2, -0.15) is 0 Å². The number of halogens is 1. The lowest BCUT2D eigenvalue weighted by molar-refractivity contribution is -0.139.